The van der Waals surface area contributed by atoms with E-state index in [1.807, 2.05) is 36.9 Å². The summed E-state index contributed by atoms with van der Waals surface area (Å²) in [5.74, 6) is 0.610. The quantitative estimate of drug-likeness (QED) is 0.922. The molecule has 0 bridgehead atoms. The fourth-order valence-corrected chi connectivity index (χ4v) is 2.99. The Morgan fingerprint density at radius 2 is 1.83 bits per heavy atom. The summed E-state index contributed by atoms with van der Waals surface area (Å²) in [5, 5.41) is 3.00. The van der Waals surface area contributed by atoms with Crippen molar-refractivity contribution in [3.05, 3.63) is 29.3 Å². The van der Waals surface area contributed by atoms with Crippen molar-refractivity contribution in [3.63, 3.8) is 0 Å². The van der Waals surface area contributed by atoms with E-state index in [1.54, 1.807) is 0 Å². The van der Waals surface area contributed by atoms with Crippen molar-refractivity contribution >= 4 is 17.5 Å². The van der Waals surface area contributed by atoms with E-state index in [9.17, 15) is 9.59 Å². The number of carbonyl (C=O) groups is 2. The lowest BCUT2D eigenvalue weighted by atomic mass is 10.1. The van der Waals surface area contributed by atoms with Crippen LogP contribution >= 0.6 is 0 Å². The molecule has 2 fully saturated rings. The standard InChI is InChI=1S/C18H25N3O2/c1-13-4-3-5-16(14(13)2)19-17(22)12-20-8-10-21(11-9-20)18(23)15-6-7-15/h3-5,15H,6-12H2,1-2H3,(H,19,22). The van der Waals surface area contributed by atoms with Crippen molar-refractivity contribution in [2.75, 3.05) is 38.0 Å². The third kappa shape index (κ3) is 3.91. The van der Waals surface area contributed by atoms with Gasteiger partial charge in [0, 0.05) is 37.8 Å². The summed E-state index contributed by atoms with van der Waals surface area (Å²) in [6.45, 7) is 7.49. The molecule has 5 heteroatoms. The number of anilines is 1. The van der Waals surface area contributed by atoms with Gasteiger partial charge in [-0.25, -0.2) is 0 Å². The molecule has 2 aliphatic rings. The maximum absolute atomic E-state index is 12.2. The van der Waals surface area contributed by atoms with Gasteiger partial charge in [-0.15, -0.1) is 0 Å². The predicted octanol–water partition coefficient (Wildman–Crippen LogP) is 1.80. The molecule has 1 heterocycles. The lowest BCUT2D eigenvalue weighted by Gasteiger charge is -2.34. The third-order valence-electron chi connectivity index (χ3n) is 4.86. The summed E-state index contributed by atoms with van der Waals surface area (Å²) in [7, 11) is 0. The molecule has 1 aliphatic heterocycles. The summed E-state index contributed by atoms with van der Waals surface area (Å²) in [6.07, 6.45) is 2.11. The first-order chi connectivity index (χ1) is 11.0. The summed E-state index contributed by atoms with van der Waals surface area (Å²) in [6, 6.07) is 5.94. The molecule has 0 spiro atoms. The molecular weight excluding hydrogens is 290 g/mol. The molecule has 1 N–H and O–H groups in total. The zero-order valence-electron chi connectivity index (χ0n) is 14.0. The summed E-state index contributed by atoms with van der Waals surface area (Å²) >= 11 is 0. The normalized spacial score (nSPS) is 18.8. The monoisotopic (exact) mass is 315 g/mol. The fraction of sp³-hybridized carbons (Fsp3) is 0.556. The Bertz CT molecular complexity index is 602. The Morgan fingerprint density at radius 3 is 2.48 bits per heavy atom. The van der Waals surface area contributed by atoms with E-state index in [2.05, 4.69) is 10.2 Å². The largest absolute Gasteiger partial charge is 0.340 e. The van der Waals surface area contributed by atoms with Crippen LogP contribution in [0.3, 0.4) is 0 Å². The number of hydrogen-bond donors (Lipinski definition) is 1. The van der Waals surface area contributed by atoms with E-state index in [0.29, 0.717) is 12.5 Å². The highest BCUT2D eigenvalue weighted by Crippen LogP contribution is 2.31. The number of aryl methyl sites for hydroxylation is 1. The zero-order chi connectivity index (χ0) is 16.4. The van der Waals surface area contributed by atoms with Crippen LogP contribution in [0.2, 0.25) is 0 Å². The molecule has 1 aromatic rings. The average Bonchev–Trinajstić information content (AvgIpc) is 3.37. The van der Waals surface area contributed by atoms with Gasteiger partial charge >= 0.3 is 0 Å². The molecule has 0 atom stereocenters. The van der Waals surface area contributed by atoms with Gasteiger partial charge < -0.3 is 10.2 Å². The molecule has 1 saturated heterocycles. The Kier molecular flexibility index (Phi) is 4.66. The van der Waals surface area contributed by atoms with Gasteiger partial charge in [0.05, 0.1) is 6.54 Å². The molecule has 0 aromatic heterocycles. The van der Waals surface area contributed by atoms with Crippen LogP contribution in [-0.4, -0.2) is 54.3 Å². The Labute approximate surface area is 137 Å². The second-order valence-electron chi connectivity index (χ2n) is 6.67. The van der Waals surface area contributed by atoms with Crippen molar-refractivity contribution in [1.82, 2.24) is 9.80 Å². The molecule has 0 radical (unpaired) electrons. The lowest BCUT2D eigenvalue weighted by molar-refractivity contribution is -0.134. The Balaban J connectivity index is 1.47. The Morgan fingerprint density at radius 1 is 1.13 bits per heavy atom. The fourth-order valence-electron chi connectivity index (χ4n) is 2.99. The van der Waals surface area contributed by atoms with Gasteiger partial charge in [0.1, 0.15) is 0 Å². The van der Waals surface area contributed by atoms with Crippen LogP contribution in [-0.2, 0) is 9.59 Å². The van der Waals surface area contributed by atoms with Crippen LogP contribution in [0.25, 0.3) is 0 Å². The van der Waals surface area contributed by atoms with Crippen LogP contribution in [0.5, 0.6) is 0 Å². The first-order valence-corrected chi connectivity index (χ1v) is 8.42. The van der Waals surface area contributed by atoms with Crippen LogP contribution < -0.4 is 5.32 Å². The topological polar surface area (TPSA) is 52.7 Å². The summed E-state index contributed by atoms with van der Waals surface area (Å²) in [5.41, 5.74) is 3.17. The molecule has 5 nitrogen and oxygen atoms in total. The van der Waals surface area contributed by atoms with Crippen molar-refractivity contribution < 1.29 is 9.59 Å². The molecular formula is C18H25N3O2. The number of rotatable bonds is 4. The maximum Gasteiger partial charge on any atom is 0.238 e. The van der Waals surface area contributed by atoms with Crippen molar-refractivity contribution in [1.29, 1.82) is 0 Å². The van der Waals surface area contributed by atoms with Gasteiger partial charge in [0.25, 0.3) is 0 Å². The van der Waals surface area contributed by atoms with Gasteiger partial charge in [0.15, 0.2) is 0 Å². The molecule has 2 amide bonds. The summed E-state index contributed by atoms with van der Waals surface area (Å²) in [4.78, 5) is 28.3. The third-order valence-corrected chi connectivity index (χ3v) is 4.86. The smallest absolute Gasteiger partial charge is 0.238 e. The molecule has 0 unspecified atom stereocenters. The number of amides is 2. The van der Waals surface area contributed by atoms with Gasteiger partial charge in [-0.05, 0) is 43.9 Å². The van der Waals surface area contributed by atoms with Crippen LogP contribution in [0.15, 0.2) is 18.2 Å². The number of piperazine rings is 1. The molecule has 124 valence electrons. The highest BCUT2D eigenvalue weighted by atomic mass is 16.2. The van der Waals surface area contributed by atoms with Crippen LogP contribution in [0.1, 0.15) is 24.0 Å². The minimum Gasteiger partial charge on any atom is -0.340 e. The van der Waals surface area contributed by atoms with Crippen molar-refractivity contribution in [3.8, 4) is 0 Å². The van der Waals surface area contributed by atoms with Gasteiger partial charge in [-0.2, -0.15) is 0 Å². The minimum atomic E-state index is 0.0145. The zero-order valence-corrected chi connectivity index (χ0v) is 14.0. The van der Waals surface area contributed by atoms with Gasteiger partial charge in [-0.3, -0.25) is 14.5 Å². The number of nitrogens with zero attached hydrogens (tertiary/aromatic N) is 2. The van der Waals surface area contributed by atoms with E-state index in [0.717, 1.165) is 50.3 Å². The van der Waals surface area contributed by atoms with E-state index in [1.165, 1.54) is 5.56 Å². The van der Waals surface area contributed by atoms with Crippen LogP contribution in [0.4, 0.5) is 5.69 Å². The first kappa shape index (κ1) is 16.0. The molecule has 1 aromatic carbocycles. The second-order valence-corrected chi connectivity index (χ2v) is 6.67. The van der Waals surface area contributed by atoms with E-state index < -0.39 is 0 Å². The predicted molar refractivity (Wildman–Crippen MR) is 90.3 cm³/mol. The Hall–Kier alpha value is -1.88. The highest BCUT2D eigenvalue weighted by Gasteiger charge is 2.34. The average molecular weight is 315 g/mol. The van der Waals surface area contributed by atoms with E-state index in [-0.39, 0.29) is 11.8 Å². The molecule has 1 saturated carbocycles. The van der Waals surface area contributed by atoms with Crippen molar-refractivity contribution in [2.45, 2.75) is 26.7 Å². The number of carbonyl (C=O) groups excluding carboxylic acids is 2. The van der Waals surface area contributed by atoms with Crippen LogP contribution in [0, 0.1) is 19.8 Å². The number of benzene rings is 1. The van der Waals surface area contributed by atoms with E-state index in [4.69, 9.17) is 0 Å². The SMILES string of the molecule is Cc1cccc(NC(=O)CN2CCN(C(=O)C3CC3)CC2)c1C. The van der Waals surface area contributed by atoms with E-state index >= 15 is 0 Å². The van der Waals surface area contributed by atoms with Gasteiger partial charge in [0.2, 0.25) is 11.8 Å². The maximum atomic E-state index is 12.2. The second kappa shape index (κ2) is 6.71. The lowest BCUT2D eigenvalue weighted by Crippen LogP contribution is -2.50. The molecule has 1 aliphatic carbocycles. The minimum absolute atomic E-state index is 0.0145. The summed E-state index contributed by atoms with van der Waals surface area (Å²) < 4.78 is 0. The van der Waals surface area contributed by atoms with Crippen molar-refractivity contribution in [2.24, 2.45) is 5.92 Å². The highest BCUT2D eigenvalue weighted by molar-refractivity contribution is 5.93. The number of hydrogen-bond acceptors (Lipinski definition) is 3. The molecule has 3 rings (SSSR count). The number of nitrogens with one attached hydrogen (secondary N) is 1. The first-order valence-electron chi connectivity index (χ1n) is 8.42. The van der Waals surface area contributed by atoms with Gasteiger partial charge in [-0.1, -0.05) is 12.1 Å². The molecule has 23 heavy (non-hydrogen) atoms.